The zero-order chi connectivity index (χ0) is 15.9. The normalized spacial score (nSPS) is 10.5. The number of methoxy groups -OCH3 is 1. The second-order valence-corrected chi connectivity index (χ2v) is 6.00. The number of amides is 2. The highest BCUT2D eigenvalue weighted by Crippen LogP contribution is 2.23. The second-order valence-electron chi connectivity index (χ2n) is 4.14. The molecule has 0 aliphatic heterocycles. The predicted molar refractivity (Wildman–Crippen MR) is 89.7 cm³/mol. The molecule has 0 spiro atoms. The molecule has 0 saturated heterocycles. The van der Waals surface area contributed by atoms with Gasteiger partial charge in [0, 0.05) is 16.1 Å². The van der Waals surface area contributed by atoms with Gasteiger partial charge in [-0.1, -0.05) is 22.0 Å². The first-order chi connectivity index (χ1) is 10.6. The standard InChI is InChI=1S/C15H13BrN2O3S/c1-21-12-6-5-11(16)9-10(12)4-7-14(19)17-18-15(20)13-3-2-8-22-13/h2-9H,1H3,(H,17,19)(H,18,20)/b7-4+. The number of hydrogen-bond donors (Lipinski definition) is 2. The van der Waals surface area contributed by atoms with Gasteiger partial charge in [-0.2, -0.15) is 0 Å². The fourth-order valence-electron chi connectivity index (χ4n) is 1.63. The summed E-state index contributed by atoms with van der Waals surface area (Å²) < 4.78 is 6.08. The quantitative estimate of drug-likeness (QED) is 0.632. The molecule has 114 valence electrons. The van der Waals surface area contributed by atoms with E-state index in [1.807, 2.05) is 12.1 Å². The van der Waals surface area contributed by atoms with Crippen molar-refractivity contribution in [1.29, 1.82) is 0 Å². The van der Waals surface area contributed by atoms with E-state index in [2.05, 4.69) is 26.8 Å². The molecule has 5 nitrogen and oxygen atoms in total. The van der Waals surface area contributed by atoms with Gasteiger partial charge in [0.2, 0.25) is 0 Å². The number of benzene rings is 1. The van der Waals surface area contributed by atoms with Gasteiger partial charge >= 0.3 is 0 Å². The molecule has 2 N–H and O–H groups in total. The molecule has 2 rings (SSSR count). The molecule has 1 aromatic heterocycles. The number of halogens is 1. The number of hydrazine groups is 1. The highest BCUT2D eigenvalue weighted by atomic mass is 79.9. The van der Waals surface area contributed by atoms with Crippen molar-refractivity contribution in [1.82, 2.24) is 10.9 Å². The van der Waals surface area contributed by atoms with Gasteiger partial charge in [0.15, 0.2) is 0 Å². The number of nitrogens with one attached hydrogen (secondary N) is 2. The molecule has 1 aromatic carbocycles. The third-order valence-electron chi connectivity index (χ3n) is 2.65. The van der Waals surface area contributed by atoms with E-state index >= 15 is 0 Å². The molecule has 2 amide bonds. The van der Waals surface area contributed by atoms with Crippen LogP contribution >= 0.6 is 27.3 Å². The molecule has 0 bridgehead atoms. The Labute approximate surface area is 140 Å². The average molecular weight is 381 g/mol. The van der Waals surface area contributed by atoms with Crippen molar-refractivity contribution in [2.24, 2.45) is 0 Å². The first kappa shape index (κ1) is 16.3. The van der Waals surface area contributed by atoms with Crippen LogP contribution in [0.3, 0.4) is 0 Å². The lowest BCUT2D eigenvalue weighted by atomic mass is 10.2. The lowest BCUT2D eigenvalue weighted by Crippen LogP contribution is -2.40. The topological polar surface area (TPSA) is 67.4 Å². The highest BCUT2D eigenvalue weighted by molar-refractivity contribution is 9.10. The molecule has 0 radical (unpaired) electrons. The number of hydrogen-bond acceptors (Lipinski definition) is 4. The van der Waals surface area contributed by atoms with E-state index in [9.17, 15) is 9.59 Å². The molecule has 0 unspecified atom stereocenters. The molecule has 0 saturated carbocycles. The Morgan fingerprint density at radius 3 is 2.77 bits per heavy atom. The van der Waals surface area contributed by atoms with Crippen LogP contribution in [0.15, 0.2) is 46.3 Å². The first-order valence-electron chi connectivity index (χ1n) is 6.25. The minimum absolute atomic E-state index is 0.350. The van der Waals surface area contributed by atoms with Crippen molar-refractivity contribution in [3.8, 4) is 5.75 Å². The van der Waals surface area contributed by atoms with Gasteiger partial charge < -0.3 is 4.74 Å². The number of carbonyl (C=O) groups excluding carboxylic acids is 2. The molecule has 7 heteroatoms. The third kappa shape index (κ3) is 4.44. The first-order valence-corrected chi connectivity index (χ1v) is 7.93. The molecular weight excluding hydrogens is 368 g/mol. The molecule has 0 aliphatic rings. The van der Waals surface area contributed by atoms with Crippen LogP contribution in [0.1, 0.15) is 15.2 Å². The number of carbonyl (C=O) groups is 2. The summed E-state index contributed by atoms with van der Waals surface area (Å²) in [5.74, 6) is -0.140. The summed E-state index contributed by atoms with van der Waals surface area (Å²) in [4.78, 5) is 23.9. The SMILES string of the molecule is COc1ccc(Br)cc1/C=C/C(=O)NNC(=O)c1cccs1. The van der Waals surface area contributed by atoms with Crippen LogP contribution in [0.2, 0.25) is 0 Å². The molecule has 0 aliphatic carbocycles. The van der Waals surface area contributed by atoms with Gasteiger partial charge in [-0.3, -0.25) is 20.4 Å². The smallest absolute Gasteiger partial charge is 0.279 e. The van der Waals surface area contributed by atoms with Gasteiger partial charge in [-0.15, -0.1) is 11.3 Å². The Morgan fingerprint density at radius 1 is 1.27 bits per heavy atom. The maximum absolute atomic E-state index is 11.7. The van der Waals surface area contributed by atoms with Crippen LogP contribution in [-0.2, 0) is 4.79 Å². The van der Waals surface area contributed by atoms with E-state index in [1.54, 1.807) is 36.8 Å². The summed E-state index contributed by atoms with van der Waals surface area (Å²) in [6.07, 6.45) is 2.93. The van der Waals surface area contributed by atoms with Crippen molar-refractivity contribution in [3.63, 3.8) is 0 Å². The van der Waals surface area contributed by atoms with Crippen molar-refractivity contribution >= 4 is 45.2 Å². The van der Waals surface area contributed by atoms with Crippen LogP contribution in [0.25, 0.3) is 6.08 Å². The van der Waals surface area contributed by atoms with E-state index < -0.39 is 5.91 Å². The molecule has 2 aromatic rings. The van der Waals surface area contributed by atoms with E-state index in [0.717, 1.165) is 10.0 Å². The van der Waals surface area contributed by atoms with E-state index in [0.29, 0.717) is 10.6 Å². The van der Waals surface area contributed by atoms with E-state index in [4.69, 9.17) is 4.74 Å². The maximum Gasteiger partial charge on any atom is 0.279 e. The average Bonchev–Trinajstić information content (AvgIpc) is 3.05. The molecule has 0 atom stereocenters. The Kier molecular flexibility index (Phi) is 5.74. The fraction of sp³-hybridized carbons (Fsp3) is 0.0667. The largest absolute Gasteiger partial charge is 0.496 e. The van der Waals surface area contributed by atoms with Gasteiger partial charge in [-0.05, 0) is 35.7 Å². The highest BCUT2D eigenvalue weighted by Gasteiger charge is 2.06. The zero-order valence-electron chi connectivity index (χ0n) is 11.6. The minimum Gasteiger partial charge on any atom is -0.496 e. The summed E-state index contributed by atoms with van der Waals surface area (Å²) in [6, 6.07) is 8.90. The molecular formula is C15H13BrN2O3S. The maximum atomic E-state index is 11.7. The van der Waals surface area contributed by atoms with Crippen LogP contribution < -0.4 is 15.6 Å². The third-order valence-corrected chi connectivity index (χ3v) is 4.01. The van der Waals surface area contributed by atoms with Crippen molar-refractivity contribution in [3.05, 3.63) is 56.7 Å². The second kappa shape index (κ2) is 7.77. The van der Waals surface area contributed by atoms with E-state index in [-0.39, 0.29) is 5.91 Å². The van der Waals surface area contributed by atoms with Gasteiger partial charge in [0.25, 0.3) is 11.8 Å². The lowest BCUT2D eigenvalue weighted by Gasteiger charge is -2.05. The predicted octanol–water partition coefficient (Wildman–Crippen LogP) is 2.99. The van der Waals surface area contributed by atoms with Crippen molar-refractivity contribution in [2.75, 3.05) is 7.11 Å². The van der Waals surface area contributed by atoms with Gasteiger partial charge in [-0.25, -0.2) is 0 Å². The van der Waals surface area contributed by atoms with Crippen LogP contribution in [0.5, 0.6) is 5.75 Å². The van der Waals surface area contributed by atoms with E-state index in [1.165, 1.54) is 17.4 Å². The molecule has 22 heavy (non-hydrogen) atoms. The summed E-state index contributed by atoms with van der Waals surface area (Å²) in [5.41, 5.74) is 5.41. The Morgan fingerprint density at radius 2 is 2.09 bits per heavy atom. The van der Waals surface area contributed by atoms with Crippen LogP contribution in [0, 0.1) is 0 Å². The number of rotatable bonds is 4. The summed E-state index contributed by atoms with van der Waals surface area (Å²) in [5, 5.41) is 1.79. The van der Waals surface area contributed by atoms with Crippen LogP contribution in [0.4, 0.5) is 0 Å². The molecule has 0 fully saturated rings. The Bertz CT molecular complexity index is 699. The Hall–Kier alpha value is -2.12. The number of ether oxygens (including phenoxy) is 1. The van der Waals surface area contributed by atoms with Gasteiger partial charge in [0.1, 0.15) is 5.75 Å². The van der Waals surface area contributed by atoms with Gasteiger partial charge in [0.05, 0.1) is 12.0 Å². The Balaban J connectivity index is 1.94. The number of thiophene rings is 1. The monoisotopic (exact) mass is 380 g/mol. The minimum atomic E-state index is -0.438. The summed E-state index contributed by atoms with van der Waals surface area (Å²) in [6.45, 7) is 0. The fourth-order valence-corrected chi connectivity index (χ4v) is 2.63. The van der Waals surface area contributed by atoms with Crippen molar-refractivity contribution < 1.29 is 14.3 Å². The van der Waals surface area contributed by atoms with Crippen molar-refractivity contribution in [2.45, 2.75) is 0 Å². The molecule has 1 heterocycles. The summed E-state index contributed by atoms with van der Waals surface area (Å²) in [7, 11) is 1.56. The summed E-state index contributed by atoms with van der Waals surface area (Å²) >= 11 is 4.65. The lowest BCUT2D eigenvalue weighted by molar-refractivity contribution is -0.117. The van der Waals surface area contributed by atoms with Crippen LogP contribution in [-0.4, -0.2) is 18.9 Å². The zero-order valence-corrected chi connectivity index (χ0v) is 14.0.